The number of hydrogen-bond donors (Lipinski definition) is 2. The number of sulfonamides is 1. The molecule has 1 amide bonds. The summed E-state index contributed by atoms with van der Waals surface area (Å²) in [6.07, 6.45) is 0. The van der Waals surface area contributed by atoms with E-state index >= 15 is 0 Å². The lowest BCUT2D eigenvalue weighted by Crippen LogP contribution is -2.15. The van der Waals surface area contributed by atoms with E-state index in [0.29, 0.717) is 22.9 Å². The van der Waals surface area contributed by atoms with E-state index in [2.05, 4.69) is 10.0 Å². The van der Waals surface area contributed by atoms with Gasteiger partial charge in [-0.2, -0.15) is 0 Å². The van der Waals surface area contributed by atoms with E-state index in [-0.39, 0.29) is 16.1 Å². The molecule has 31 heavy (non-hydrogen) atoms. The molecule has 0 aliphatic carbocycles. The lowest BCUT2D eigenvalue weighted by atomic mass is 10.2. The minimum absolute atomic E-state index is 0.0751. The van der Waals surface area contributed by atoms with Gasteiger partial charge in [0.15, 0.2) is 0 Å². The van der Waals surface area contributed by atoms with E-state index in [1.807, 2.05) is 0 Å². The fourth-order valence-electron chi connectivity index (χ4n) is 2.79. The van der Waals surface area contributed by atoms with Crippen LogP contribution in [0.15, 0.2) is 71.6 Å². The van der Waals surface area contributed by atoms with Crippen LogP contribution >= 0.6 is 0 Å². The van der Waals surface area contributed by atoms with Gasteiger partial charge < -0.3 is 19.5 Å². The first-order chi connectivity index (χ1) is 14.9. The van der Waals surface area contributed by atoms with Gasteiger partial charge in [0.05, 0.1) is 31.9 Å². The molecule has 0 aromatic heterocycles. The summed E-state index contributed by atoms with van der Waals surface area (Å²) in [6, 6.07) is 17.2. The van der Waals surface area contributed by atoms with Crippen molar-refractivity contribution in [2.45, 2.75) is 4.90 Å². The standard InChI is InChI=1S/C22H22N2O6S/c1-28-17-7-10-19(11-8-17)31(26,27)24-16-6-4-5-15(13-16)22(25)23-20-12-9-18(29-2)14-21(20)30-3/h4-14,24H,1-3H3,(H,23,25). The maximum Gasteiger partial charge on any atom is 0.261 e. The van der Waals surface area contributed by atoms with Gasteiger partial charge >= 0.3 is 0 Å². The van der Waals surface area contributed by atoms with Gasteiger partial charge in [-0.3, -0.25) is 9.52 Å². The van der Waals surface area contributed by atoms with Crippen LogP contribution in [0.1, 0.15) is 10.4 Å². The quantitative estimate of drug-likeness (QED) is 0.551. The van der Waals surface area contributed by atoms with Gasteiger partial charge in [-0.1, -0.05) is 6.07 Å². The summed E-state index contributed by atoms with van der Waals surface area (Å²) in [5.74, 6) is 1.15. The van der Waals surface area contributed by atoms with Gasteiger partial charge in [0.2, 0.25) is 0 Å². The Balaban J connectivity index is 1.78. The Hall–Kier alpha value is -3.72. The number of hydrogen-bond acceptors (Lipinski definition) is 6. The highest BCUT2D eigenvalue weighted by Crippen LogP contribution is 2.29. The smallest absolute Gasteiger partial charge is 0.261 e. The molecule has 0 atom stereocenters. The fourth-order valence-corrected chi connectivity index (χ4v) is 3.84. The summed E-state index contributed by atoms with van der Waals surface area (Å²) in [5.41, 5.74) is 0.982. The van der Waals surface area contributed by atoms with Crippen LogP contribution in [-0.2, 0) is 10.0 Å². The molecule has 3 rings (SSSR count). The molecule has 0 fully saturated rings. The summed E-state index contributed by atoms with van der Waals surface area (Å²) in [7, 11) is 0.689. The molecule has 0 bridgehead atoms. The van der Waals surface area contributed by atoms with Gasteiger partial charge in [-0.15, -0.1) is 0 Å². The van der Waals surface area contributed by atoms with Gasteiger partial charge in [-0.05, 0) is 54.6 Å². The molecule has 0 spiro atoms. The summed E-state index contributed by atoms with van der Waals surface area (Å²) >= 11 is 0. The number of carbonyl (C=O) groups excluding carboxylic acids is 1. The van der Waals surface area contributed by atoms with E-state index < -0.39 is 15.9 Å². The number of carbonyl (C=O) groups is 1. The highest BCUT2D eigenvalue weighted by Gasteiger charge is 2.16. The number of amides is 1. The third-order valence-electron chi connectivity index (χ3n) is 4.40. The van der Waals surface area contributed by atoms with Gasteiger partial charge in [0.1, 0.15) is 17.2 Å². The summed E-state index contributed by atoms with van der Waals surface area (Å²) in [4.78, 5) is 12.8. The summed E-state index contributed by atoms with van der Waals surface area (Å²) in [5, 5.41) is 2.75. The first-order valence-electron chi connectivity index (χ1n) is 9.16. The molecule has 0 saturated carbocycles. The molecule has 0 aliphatic rings. The Labute approximate surface area is 180 Å². The third-order valence-corrected chi connectivity index (χ3v) is 5.80. The second-order valence-corrected chi connectivity index (χ2v) is 8.06. The third kappa shape index (κ3) is 5.26. The molecule has 3 aromatic carbocycles. The molecule has 0 saturated heterocycles. The van der Waals surface area contributed by atoms with E-state index in [1.165, 1.54) is 39.5 Å². The molecule has 2 N–H and O–H groups in total. The van der Waals surface area contributed by atoms with Crippen molar-refractivity contribution < 1.29 is 27.4 Å². The first-order valence-corrected chi connectivity index (χ1v) is 10.6. The molecule has 0 heterocycles. The van der Waals surface area contributed by atoms with Crippen LogP contribution in [0.3, 0.4) is 0 Å². The lowest BCUT2D eigenvalue weighted by molar-refractivity contribution is 0.102. The van der Waals surface area contributed by atoms with Crippen molar-refractivity contribution in [2.75, 3.05) is 31.4 Å². The second-order valence-electron chi connectivity index (χ2n) is 6.38. The van der Waals surface area contributed by atoms with E-state index in [4.69, 9.17) is 14.2 Å². The molecule has 162 valence electrons. The monoisotopic (exact) mass is 442 g/mol. The first kappa shape index (κ1) is 22.0. The van der Waals surface area contributed by atoms with Crippen molar-refractivity contribution in [1.29, 1.82) is 0 Å². The molecule has 3 aromatic rings. The van der Waals surface area contributed by atoms with E-state index in [0.717, 1.165) is 0 Å². The number of rotatable bonds is 8. The highest BCUT2D eigenvalue weighted by atomic mass is 32.2. The average molecular weight is 442 g/mol. The number of benzene rings is 3. The average Bonchev–Trinajstić information content (AvgIpc) is 2.79. The van der Waals surface area contributed by atoms with Crippen LogP contribution in [0, 0.1) is 0 Å². The van der Waals surface area contributed by atoms with Crippen molar-refractivity contribution in [3.05, 3.63) is 72.3 Å². The van der Waals surface area contributed by atoms with Crippen molar-refractivity contribution in [3.63, 3.8) is 0 Å². The number of methoxy groups -OCH3 is 3. The Bertz CT molecular complexity index is 1180. The summed E-state index contributed by atoms with van der Waals surface area (Å²) in [6.45, 7) is 0. The fraction of sp³-hybridized carbons (Fsp3) is 0.136. The second kappa shape index (κ2) is 9.40. The van der Waals surface area contributed by atoms with Crippen molar-refractivity contribution >= 4 is 27.3 Å². The predicted octanol–water partition coefficient (Wildman–Crippen LogP) is 3.77. The normalized spacial score (nSPS) is 10.8. The maximum atomic E-state index is 12.7. The minimum Gasteiger partial charge on any atom is -0.497 e. The summed E-state index contributed by atoms with van der Waals surface area (Å²) < 4.78 is 43.2. The minimum atomic E-state index is -3.83. The Kier molecular flexibility index (Phi) is 6.66. The van der Waals surface area contributed by atoms with Gasteiger partial charge in [-0.25, -0.2) is 8.42 Å². The zero-order valence-corrected chi connectivity index (χ0v) is 18.0. The maximum absolute atomic E-state index is 12.7. The molecular weight excluding hydrogens is 420 g/mol. The van der Waals surface area contributed by atoms with Crippen LogP contribution in [-0.4, -0.2) is 35.7 Å². The molecular formula is C22H22N2O6S. The van der Waals surface area contributed by atoms with E-state index in [9.17, 15) is 13.2 Å². The van der Waals surface area contributed by atoms with Gasteiger partial charge in [0.25, 0.3) is 15.9 Å². The zero-order chi connectivity index (χ0) is 22.4. The Morgan fingerprint density at radius 2 is 1.48 bits per heavy atom. The zero-order valence-electron chi connectivity index (χ0n) is 17.2. The lowest BCUT2D eigenvalue weighted by Gasteiger charge is -2.13. The Morgan fingerprint density at radius 3 is 2.13 bits per heavy atom. The molecule has 0 radical (unpaired) electrons. The van der Waals surface area contributed by atoms with Crippen molar-refractivity contribution in [2.24, 2.45) is 0 Å². The largest absolute Gasteiger partial charge is 0.497 e. The van der Waals surface area contributed by atoms with E-state index in [1.54, 1.807) is 48.5 Å². The predicted molar refractivity (Wildman–Crippen MR) is 118 cm³/mol. The molecule has 0 aliphatic heterocycles. The Morgan fingerprint density at radius 1 is 0.806 bits per heavy atom. The highest BCUT2D eigenvalue weighted by molar-refractivity contribution is 7.92. The van der Waals surface area contributed by atoms with Crippen LogP contribution in [0.2, 0.25) is 0 Å². The SMILES string of the molecule is COc1ccc(S(=O)(=O)Nc2cccc(C(=O)Nc3ccc(OC)cc3OC)c2)cc1. The topological polar surface area (TPSA) is 103 Å². The molecule has 9 heteroatoms. The number of ether oxygens (including phenoxy) is 3. The number of nitrogens with one attached hydrogen (secondary N) is 2. The van der Waals surface area contributed by atoms with Crippen LogP contribution in [0.5, 0.6) is 17.2 Å². The van der Waals surface area contributed by atoms with Crippen LogP contribution in [0.25, 0.3) is 0 Å². The van der Waals surface area contributed by atoms with Crippen LogP contribution in [0.4, 0.5) is 11.4 Å². The van der Waals surface area contributed by atoms with Crippen LogP contribution < -0.4 is 24.2 Å². The molecule has 8 nitrogen and oxygen atoms in total. The van der Waals surface area contributed by atoms with Gasteiger partial charge in [0, 0.05) is 17.3 Å². The number of anilines is 2. The van der Waals surface area contributed by atoms with Crippen molar-refractivity contribution in [3.8, 4) is 17.2 Å². The van der Waals surface area contributed by atoms with Crippen molar-refractivity contribution in [1.82, 2.24) is 0 Å². The molecule has 0 unspecified atom stereocenters.